The van der Waals surface area contributed by atoms with Crippen LogP contribution in [-0.2, 0) is 9.72 Å². The van der Waals surface area contributed by atoms with Crippen LogP contribution in [0.15, 0.2) is 36.5 Å². The highest BCUT2D eigenvalue weighted by Gasteiger charge is 2.46. The molecule has 2 aromatic rings. The maximum atomic E-state index is 12.1. The quantitative estimate of drug-likeness (QED) is 0.516. The van der Waals surface area contributed by atoms with Crippen LogP contribution in [0.3, 0.4) is 0 Å². The molecule has 0 bridgehead atoms. The van der Waals surface area contributed by atoms with Crippen LogP contribution in [0.1, 0.15) is 32.3 Å². The van der Waals surface area contributed by atoms with E-state index < -0.39 is 12.8 Å². The maximum Gasteiger partial charge on any atom is 0.336 e. The summed E-state index contributed by atoms with van der Waals surface area (Å²) in [5.74, 6) is 0. The molecule has 20 heavy (non-hydrogen) atoms. The van der Waals surface area contributed by atoms with Gasteiger partial charge in [-0.25, -0.2) is 0 Å². The Morgan fingerprint density at radius 2 is 1.80 bits per heavy atom. The van der Waals surface area contributed by atoms with Gasteiger partial charge in [0.15, 0.2) is 6.20 Å². The molecule has 0 aliphatic heterocycles. The molecule has 2 rings (SSSR count). The van der Waals surface area contributed by atoms with Crippen molar-refractivity contribution in [3.8, 4) is 0 Å². The fourth-order valence-electron chi connectivity index (χ4n) is 2.81. The summed E-state index contributed by atoms with van der Waals surface area (Å²) in [5, 5.41) is 11.2. The molecule has 1 aromatic carbocycles. The van der Waals surface area contributed by atoms with E-state index >= 15 is 0 Å². The molecular weight excluding hydrogens is 277 g/mol. The van der Waals surface area contributed by atoms with Crippen LogP contribution in [0.5, 0.6) is 0 Å². The number of hydrogen-bond donors (Lipinski definition) is 2. The topological polar surface area (TPSA) is 84.5 Å². The largest absolute Gasteiger partial charge is 0.618 e. The van der Waals surface area contributed by atoms with Crippen LogP contribution in [-0.4, -0.2) is 9.79 Å². The van der Waals surface area contributed by atoms with Gasteiger partial charge in [-0.3, -0.25) is 4.57 Å². The summed E-state index contributed by atoms with van der Waals surface area (Å²) in [4.78, 5) is 19.7. The van der Waals surface area contributed by atoms with Gasteiger partial charge >= 0.3 is 7.60 Å². The Labute approximate surface area is 117 Å². The molecule has 0 saturated carbocycles. The van der Waals surface area contributed by atoms with E-state index in [1.807, 2.05) is 0 Å². The van der Waals surface area contributed by atoms with Gasteiger partial charge in [-0.2, -0.15) is 4.73 Å². The molecule has 0 saturated heterocycles. The summed E-state index contributed by atoms with van der Waals surface area (Å²) < 4.78 is 12.8. The monoisotopic (exact) mass is 295 g/mol. The van der Waals surface area contributed by atoms with Gasteiger partial charge in [-0.05, 0) is 24.5 Å². The van der Waals surface area contributed by atoms with Gasteiger partial charge in [0.05, 0.1) is 10.5 Å². The van der Waals surface area contributed by atoms with E-state index in [-0.39, 0.29) is 0 Å². The van der Waals surface area contributed by atoms with E-state index in [1.165, 1.54) is 12.3 Å². The molecule has 1 heterocycles. The highest BCUT2D eigenvalue weighted by Crippen LogP contribution is 2.61. The molecule has 6 heteroatoms. The highest BCUT2D eigenvalue weighted by molar-refractivity contribution is 7.53. The Hall–Kier alpha value is -1.42. The standard InChI is InChI=1S/C14H18NO4P/c1-3-14(4-2,20(17,18)19)12-9-10-15(16)13-8-6-5-7-11(12)13/h5-10H,3-4H2,1-2H3,(H2,17,18,19). The van der Waals surface area contributed by atoms with Crippen molar-refractivity contribution >= 4 is 18.5 Å². The first kappa shape index (κ1) is 15.0. The molecule has 108 valence electrons. The Morgan fingerprint density at radius 3 is 2.35 bits per heavy atom. The normalized spacial score (nSPS) is 12.8. The summed E-state index contributed by atoms with van der Waals surface area (Å²) in [5.41, 5.74) is 0.961. The van der Waals surface area contributed by atoms with Crippen LogP contribution in [0.2, 0.25) is 0 Å². The summed E-state index contributed by atoms with van der Waals surface area (Å²) in [6, 6.07) is 8.41. The first-order valence-electron chi connectivity index (χ1n) is 6.54. The third-order valence-corrected chi connectivity index (χ3v) is 6.03. The highest BCUT2D eigenvalue weighted by atomic mass is 31.2. The third kappa shape index (κ3) is 2.12. The number of rotatable bonds is 4. The number of nitrogens with zero attached hydrogens (tertiary/aromatic N) is 1. The summed E-state index contributed by atoms with van der Waals surface area (Å²) in [7, 11) is -4.36. The smallest absolute Gasteiger partial charge is 0.336 e. The maximum absolute atomic E-state index is 12.1. The summed E-state index contributed by atoms with van der Waals surface area (Å²) in [6.45, 7) is 3.52. The minimum atomic E-state index is -4.36. The first-order valence-corrected chi connectivity index (χ1v) is 8.15. The zero-order chi connectivity index (χ0) is 15.0. The van der Waals surface area contributed by atoms with Crippen molar-refractivity contribution in [3.05, 3.63) is 47.3 Å². The number of para-hydroxylation sites is 1. The molecule has 5 nitrogen and oxygen atoms in total. The number of pyridine rings is 1. The summed E-state index contributed by atoms with van der Waals surface area (Å²) in [6.07, 6.45) is 1.93. The Kier molecular flexibility index (Phi) is 3.87. The SMILES string of the molecule is CCC(CC)(c1cc[n+]([O-])c2ccccc12)P(=O)(O)O. The van der Waals surface area contributed by atoms with Crippen LogP contribution < -0.4 is 4.73 Å². The fraction of sp³-hybridized carbons (Fsp3) is 0.357. The number of hydrogen-bond acceptors (Lipinski definition) is 2. The van der Waals surface area contributed by atoms with E-state index in [4.69, 9.17) is 0 Å². The Bertz CT molecular complexity index is 676. The number of fused-ring (bicyclic) bond motifs is 1. The van der Waals surface area contributed by atoms with Gasteiger partial charge in [0.2, 0.25) is 5.52 Å². The van der Waals surface area contributed by atoms with Gasteiger partial charge in [0.1, 0.15) is 0 Å². The lowest BCUT2D eigenvalue weighted by molar-refractivity contribution is -0.577. The first-order chi connectivity index (χ1) is 9.37. The van der Waals surface area contributed by atoms with Gasteiger partial charge in [-0.1, -0.05) is 26.0 Å². The molecule has 0 aliphatic carbocycles. The predicted molar refractivity (Wildman–Crippen MR) is 77.2 cm³/mol. The molecule has 0 fully saturated rings. The van der Waals surface area contributed by atoms with Crippen LogP contribution in [0.4, 0.5) is 0 Å². The van der Waals surface area contributed by atoms with E-state index in [9.17, 15) is 19.6 Å². The Morgan fingerprint density at radius 1 is 1.20 bits per heavy atom. The van der Waals surface area contributed by atoms with Crippen LogP contribution in [0.25, 0.3) is 10.9 Å². The summed E-state index contributed by atoms with van der Waals surface area (Å²) >= 11 is 0. The molecule has 0 amide bonds. The lowest BCUT2D eigenvalue weighted by Gasteiger charge is -2.33. The fourth-order valence-corrected chi connectivity index (χ4v) is 4.14. The molecule has 1 aromatic heterocycles. The van der Waals surface area contributed by atoms with Crippen molar-refractivity contribution < 1.29 is 19.1 Å². The molecule has 0 radical (unpaired) electrons. The van der Waals surface area contributed by atoms with Crippen molar-refractivity contribution in [1.82, 2.24) is 0 Å². The van der Waals surface area contributed by atoms with Gasteiger partial charge in [0.25, 0.3) is 0 Å². The van der Waals surface area contributed by atoms with Crippen molar-refractivity contribution in [2.24, 2.45) is 0 Å². The minimum Gasteiger partial charge on any atom is -0.618 e. The van der Waals surface area contributed by atoms with Crippen LogP contribution >= 0.6 is 7.60 Å². The number of benzene rings is 1. The molecule has 0 atom stereocenters. The van der Waals surface area contributed by atoms with E-state index in [2.05, 4.69) is 0 Å². The second-order valence-corrected chi connectivity index (χ2v) is 6.80. The average molecular weight is 295 g/mol. The lowest BCUT2D eigenvalue weighted by atomic mass is 9.90. The lowest BCUT2D eigenvalue weighted by Crippen LogP contribution is -2.30. The Balaban J connectivity index is 2.86. The van der Waals surface area contributed by atoms with Gasteiger partial charge in [0, 0.05) is 12.1 Å². The van der Waals surface area contributed by atoms with E-state index in [0.29, 0.717) is 34.0 Å². The van der Waals surface area contributed by atoms with Crippen molar-refractivity contribution in [3.63, 3.8) is 0 Å². The van der Waals surface area contributed by atoms with Crippen LogP contribution in [0, 0.1) is 5.21 Å². The zero-order valence-corrected chi connectivity index (χ0v) is 12.4. The molecule has 0 spiro atoms. The average Bonchev–Trinajstić information content (AvgIpc) is 2.41. The molecule has 0 aliphatic rings. The molecular formula is C14H18NO4P. The van der Waals surface area contributed by atoms with Crippen molar-refractivity contribution in [2.75, 3.05) is 0 Å². The van der Waals surface area contributed by atoms with Gasteiger partial charge in [-0.15, -0.1) is 0 Å². The number of aromatic nitrogens is 1. The minimum absolute atomic E-state index is 0.306. The predicted octanol–water partition coefficient (Wildman–Crippen LogP) is 2.67. The van der Waals surface area contributed by atoms with Crippen molar-refractivity contribution in [1.29, 1.82) is 0 Å². The molecule has 2 N–H and O–H groups in total. The van der Waals surface area contributed by atoms with Crippen molar-refractivity contribution in [2.45, 2.75) is 31.8 Å². The second kappa shape index (κ2) is 5.17. The van der Waals surface area contributed by atoms with E-state index in [1.54, 1.807) is 38.1 Å². The molecule has 0 unspecified atom stereocenters. The second-order valence-electron chi connectivity index (χ2n) is 4.86. The zero-order valence-electron chi connectivity index (χ0n) is 11.5. The van der Waals surface area contributed by atoms with Gasteiger partial charge < -0.3 is 15.0 Å². The van der Waals surface area contributed by atoms with E-state index in [0.717, 1.165) is 0 Å². The third-order valence-electron chi connectivity index (χ3n) is 4.04.